The minimum atomic E-state index is -0.0815. The molecule has 0 bridgehead atoms. The van der Waals surface area contributed by atoms with Crippen LogP contribution in [0.1, 0.15) is 5.56 Å². The molecule has 1 saturated heterocycles. The van der Waals surface area contributed by atoms with Crippen LogP contribution in [0.15, 0.2) is 35.8 Å². The molecule has 138 valence electrons. The summed E-state index contributed by atoms with van der Waals surface area (Å²) in [5.41, 5.74) is 1.89. The number of piperazine rings is 1. The van der Waals surface area contributed by atoms with Gasteiger partial charge in [0.25, 0.3) is 0 Å². The van der Waals surface area contributed by atoms with Gasteiger partial charge in [-0.25, -0.2) is 4.98 Å². The number of benzene rings is 1. The van der Waals surface area contributed by atoms with E-state index in [0.717, 1.165) is 29.5 Å². The van der Waals surface area contributed by atoms with E-state index < -0.39 is 0 Å². The lowest BCUT2D eigenvalue weighted by Gasteiger charge is -2.34. The molecule has 0 radical (unpaired) electrons. The third-order valence-corrected chi connectivity index (χ3v) is 5.83. The molecule has 0 spiro atoms. The predicted molar refractivity (Wildman–Crippen MR) is 108 cm³/mol. The molecule has 0 saturated carbocycles. The first-order valence-corrected chi connectivity index (χ1v) is 10.5. The van der Waals surface area contributed by atoms with Gasteiger partial charge in [-0.15, -0.1) is 23.1 Å². The summed E-state index contributed by atoms with van der Waals surface area (Å²) in [5.74, 6) is 0.621. The summed E-state index contributed by atoms with van der Waals surface area (Å²) in [6.45, 7) is 5.00. The molecule has 1 N–H and O–H groups in total. The van der Waals surface area contributed by atoms with Crippen molar-refractivity contribution in [2.45, 2.75) is 6.92 Å². The zero-order valence-corrected chi connectivity index (χ0v) is 16.3. The lowest BCUT2D eigenvalue weighted by molar-refractivity contribution is -0.128. The summed E-state index contributed by atoms with van der Waals surface area (Å²) in [6, 6.07) is 7.68. The molecule has 2 aromatic rings. The number of anilines is 2. The highest BCUT2D eigenvalue weighted by molar-refractivity contribution is 8.00. The molecule has 1 aliphatic heterocycles. The number of thioether (sulfide) groups is 1. The number of thiazole rings is 1. The maximum absolute atomic E-state index is 12.3. The predicted octanol–water partition coefficient (Wildman–Crippen LogP) is 2.47. The maximum Gasteiger partial charge on any atom is 0.234 e. The number of hydrogen-bond acceptors (Lipinski definition) is 6. The van der Waals surface area contributed by atoms with Crippen molar-refractivity contribution in [3.8, 4) is 0 Å². The third kappa shape index (κ3) is 5.22. The lowest BCUT2D eigenvalue weighted by Crippen LogP contribution is -2.49. The van der Waals surface area contributed by atoms with Crippen LogP contribution in [-0.2, 0) is 9.59 Å². The van der Waals surface area contributed by atoms with Crippen LogP contribution in [0.4, 0.5) is 10.8 Å². The number of nitrogens with zero attached hydrogens (tertiary/aromatic N) is 3. The van der Waals surface area contributed by atoms with Crippen LogP contribution < -0.4 is 10.2 Å². The first-order chi connectivity index (χ1) is 12.6. The number of rotatable bonds is 6. The Morgan fingerprint density at radius 1 is 1.23 bits per heavy atom. The zero-order chi connectivity index (χ0) is 18.4. The van der Waals surface area contributed by atoms with Gasteiger partial charge in [0, 0.05) is 43.4 Å². The van der Waals surface area contributed by atoms with E-state index in [1.165, 1.54) is 11.8 Å². The van der Waals surface area contributed by atoms with Crippen molar-refractivity contribution >= 4 is 45.7 Å². The van der Waals surface area contributed by atoms with Crippen LogP contribution in [0.25, 0.3) is 0 Å². The molecule has 1 aromatic carbocycles. The Kier molecular flexibility index (Phi) is 6.51. The average Bonchev–Trinajstić information content (AvgIpc) is 3.16. The van der Waals surface area contributed by atoms with E-state index in [4.69, 9.17) is 0 Å². The van der Waals surface area contributed by atoms with Gasteiger partial charge in [-0.1, -0.05) is 12.1 Å². The monoisotopic (exact) mass is 390 g/mol. The first-order valence-electron chi connectivity index (χ1n) is 8.48. The van der Waals surface area contributed by atoms with Crippen molar-refractivity contribution in [3.63, 3.8) is 0 Å². The number of hydrogen-bond donors (Lipinski definition) is 1. The second-order valence-corrected chi connectivity index (χ2v) is 7.95. The van der Waals surface area contributed by atoms with Gasteiger partial charge < -0.3 is 15.1 Å². The maximum atomic E-state index is 12.3. The molecule has 1 fully saturated rings. The van der Waals surface area contributed by atoms with Gasteiger partial charge in [-0.05, 0) is 24.6 Å². The first kappa shape index (κ1) is 18.7. The third-order valence-electron chi connectivity index (χ3n) is 4.08. The van der Waals surface area contributed by atoms with E-state index in [1.807, 2.05) is 41.5 Å². The fourth-order valence-corrected chi connectivity index (χ4v) is 4.18. The zero-order valence-electron chi connectivity index (χ0n) is 14.7. The summed E-state index contributed by atoms with van der Waals surface area (Å²) in [7, 11) is 0. The topological polar surface area (TPSA) is 65.5 Å². The second-order valence-electron chi connectivity index (χ2n) is 6.09. The Morgan fingerprint density at radius 3 is 2.73 bits per heavy atom. The molecule has 0 atom stereocenters. The number of amides is 2. The fourth-order valence-electron chi connectivity index (χ4n) is 2.76. The molecule has 26 heavy (non-hydrogen) atoms. The Labute approximate surface area is 161 Å². The molecule has 6 nitrogen and oxygen atoms in total. The van der Waals surface area contributed by atoms with Gasteiger partial charge >= 0.3 is 0 Å². The standard InChI is InChI=1S/C18H22N4O2S2/c1-14-3-2-4-15(11-14)20-16(23)12-25-13-17(24)21-6-8-22(9-7-21)18-19-5-10-26-18/h2-5,10-11H,6-9,12-13H2,1H3,(H,20,23). The smallest absolute Gasteiger partial charge is 0.234 e. The van der Waals surface area contributed by atoms with Crippen LogP contribution in [0.3, 0.4) is 0 Å². The van der Waals surface area contributed by atoms with Crippen molar-refractivity contribution in [2.75, 3.05) is 47.9 Å². The Morgan fingerprint density at radius 2 is 2.04 bits per heavy atom. The van der Waals surface area contributed by atoms with Crippen LogP contribution in [0.5, 0.6) is 0 Å². The Bertz CT molecular complexity index is 743. The van der Waals surface area contributed by atoms with Gasteiger partial charge in [-0.3, -0.25) is 9.59 Å². The molecule has 1 aromatic heterocycles. The van der Waals surface area contributed by atoms with Gasteiger partial charge in [0.1, 0.15) is 0 Å². The van der Waals surface area contributed by atoms with E-state index >= 15 is 0 Å². The van der Waals surface area contributed by atoms with E-state index in [9.17, 15) is 9.59 Å². The van der Waals surface area contributed by atoms with E-state index in [0.29, 0.717) is 18.8 Å². The molecule has 1 aliphatic rings. The summed E-state index contributed by atoms with van der Waals surface area (Å²) >= 11 is 2.98. The molecule has 2 amide bonds. The highest BCUT2D eigenvalue weighted by Crippen LogP contribution is 2.19. The molecular weight excluding hydrogens is 368 g/mol. The van der Waals surface area contributed by atoms with Crippen molar-refractivity contribution in [1.82, 2.24) is 9.88 Å². The molecule has 0 aliphatic carbocycles. The van der Waals surface area contributed by atoms with Crippen LogP contribution in [-0.4, -0.2) is 59.4 Å². The Hall–Kier alpha value is -2.06. The highest BCUT2D eigenvalue weighted by atomic mass is 32.2. The van der Waals surface area contributed by atoms with E-state index in [-0.39, 0.29) is 17.6 Å². The fraction of sp³-hybridized carbons (Fsp3) is 0.389. The van der Waals surface area contributed by atoms with Crippen molar-refractivity contribution in [3.05, 3.63) is 41.4 Å². The highest BCUT2D eigenvalue weighted by Gasteiger charge is 2.22. The number of carbonyl (C=O) groups is 2. The van der Waals surface area contributed by atoms with Crippen molar-refractivity contribution < 1.29 is 9.59 Å². The average molecular weight is 391 g/mol. The van der Waals surface area contributed by atoms with E-state index in [1.54, 1.807) is 17.5 Å². The normalized spacial score (nSPS) is 14.3. The van der Waals surface area contributed by atoms with E-state index in [2.05, 4.69) is 15.2 Å². The SMILES string of the molecule is Cc1cccc(NC(=O)CSCC(=O)N2CCN(c3nccs3)CC2)c1. The minimum Gasteiger partial charge on any atom is -0.345 e. The summed E-state index contributed by atoms with van der Waals surface area (Å²) in [4.78, 5) is 32.7. The van der Waals surface area contributed by atoms with Gasteiger partial charge in [-0.2, -0.15) is 0 Å². The molecule has 8 heteroatoms. The molecular formula is C18H22N4O2S2. The van der Waals surface area contributed by atoms with Crippen molar-refractivity contribution in [1.29, 1.82) is 0 Å². The number of nitrogens with one attached hydrogen (secondary N) is 1. The molecule has 0 unspecified atom stereocenters. The molecule has 3 rings (SSSR count). The number of aromatic nitrogens is 1. The van der Waals surface area contributed by atoms with Gasteiger partial charge in [0.2, 0.25) is 11.8 Å². The van der Waals surface area contributed by atoms with Gasteiger partial charge in [0.05, 0.1) is 11.5 Å². The largest absolute Gasteiger partial charge is 0.345 e. The number of carbonyl (C=O) groups excluding carboxylic acids is 2. The summed E-state index contributed by atoms with van der Waals surface area (Å²) < 4.78 is 0. The number of aryl methyl sites for hydroxylation is 1. The quantitative estimate of drug-likeness (QED) is 0.821. The Balaban J connectivity index is 1.36. The summed E-state index contributed by atoms with van der Waals surface area (Å²) in [6.07, 6.45) is 1.80. The van der Waals surface area contributed by atoms with Crippen LogP contribution >= 0.6 is 23.1 Å². The van der Waals surface area contributed by atoms with Crippen LogP contribution in [0, 0.1) is 6.92 Å². The van der Waals surface area contributed by atoms with Crippen molar-refractivity contribution in [2.24, 2.45) is 0 Å². The lowest BCUT2D eigenvalue weighted by atomic mass is 10.2. The van der Waals surface area contributed by atoms with Gasteiger partial charge in [0.15, 0.2) is 5.13 Å². The molecule has 2 heterocycles. The summed E-state index contributed by atoms with van der Waals surface area (Å²) in [5, 5.41) is 5.84. The second kappa shape index (κ2) is 9.05. The van der Waals surface area contributed by atoms with Crippen LogP contribution in [0.2, 0.25) is 0 Å². The minimum absolute atomic E-state index is 0.0815.